The summed E-state index contributed by atoms with van der Waals surface area (Å²) in [6, 6.07) is 20.2. The van der Waals surface area contributed by atoms with E-state index in [1.807, 2.05) is 55.5 Å². The smallest absolute Gasteiger partial charge is 0.318 e. The molecular formula is C24H26O3. The number of ketones is 1. The lowest BCUT2D eigenvalue weighted by atomic mass is 9.78. The summed E-state index contributed by atoms with van der Waals surface area (Å²) in [7, 11) is 0. The molecule has 1 aliphatic heterocycles. The molecule has 0 spiro atoms. The number of carbonyl (C=O) groups is 2. The highest BCUT2D eigenvalue weighted by atomic mass is 16.6. The van der Waals surface area contributed by atoms with Gasteiger partial charge in [-0.3, -0.25) is 9.59 Å². The van der Waals surface area contributed by atoms with Crippen molar-refractivity contribution in [2.45, 2.75) is 44.6 Å². The number of cyclic esters (lactones) is 1. The quantitative estimate of drug-likeness (QED) is 0.536. The first-order valence-corrected chi connectivity index (χ1v) is 9.98. The molecule has 0 aromatic heterocycles. The molecular weight excluding hydrogens is 336 g/mol. The first-order chi connectivity index (χ1) is 13.1. The zero-order valence-corrected chi connectivity index (χ0v) is 15.7. The summed E-state index contributed by atoms with van der Waals surface area (Å²) in [5, 5.41) is 0. The van der Waals surface area contributed by atoms with Gasteiger partial charge in [-0.1, -0.05) is 67.6 Å². The van der Waals surface area contributed by atoms with Crippen LogP contribution in [0.4, 0.5) is 0 Å². The van der Waals surface area contributed by atoms with Crippen LogP contribution >= 0.6 is 0 Å². The normalized spacial score (nSPS) is 24.5. The van der Waals surface area contributed by atoms with E-state index in [1.54, 1.807) is 0 Å². The van der Waals surface area contributed by atoms with E-state index < -0.39 is 12.0 Å². The Hall–Kier alpha value is -2.42. The second-order valence-electron chi connectivity index (χ2n) is 8.01. The summed E-state index contributed by atoms with van der Waals surface area (Å²) in [5.41, 5.74) is 2.34. The average Bonchev–Trinajstić information content (AvgIpc) is 3.49. The first kappa shape index (κ1) is 18.0. The number of esters is 1. The minimum atomic E-state index is -0.635. The van der Waals surface area contributed by atoms with Crippen LogP contribution in [0.2, 0.25) is 0 Å². The van der Waals surface area contributed by atoms with Crippen LogP contribution in [0.15, 0.2) is 60.7 Å². The lowest BCUT2D eigenvalue weighted by Gasteiger charge is -2.21. The molecule has 0 amide bonds. The molecule has 3 heteroatoms. The number of carbonyl (C=O) groups excluding carboxylic acids is 2. The van der Waals surface area contributed by atoms with E-state index in [4.69, 9.17) is 4.74 Å². The van der Waals surface area contributed by atoms with Crippen LogP contribution in [-0.4, -0.2) is 17.9 Å². The van der Waals surface area contributed by atoms with Crippen molar-refractivity contribution in [2.75, 3.05) is 0 Å². The van der Waals surface area contributed by atoms with Crippen molar-refractivity contribution >= 4 is 11.8 Å². The topological polar surface area (TPSA) is 43.4 Å². The third-order valence-corrected chi connectivity index (χ3v) is 6.01. The fraction of sp³-hybridized carbons (Fsp3) is 0.417. The number of ether oxygens (including phenoxy) is 1. The Morgan fingerprint density at radius 3 is 2.22 bits per heavy atom. The third kappa shape index (κ3) is 3.83. The second kappa shape index (κ2) is 7.67. The molecule has 1 saturated heterocycles. The molecule has 1 aliphatic carbocycles. The molecule has 140 valence electrons. The predicted molar refractivity (Wildman–Crippen MR) is 104 cm³/mol. The minimum Gasteiger partial charge on any atom is -0.453 e. The Morgan fingerprint density at radius 1 is 0.963 bits per heavy atom. The average molecular weight is 362 g/mol. The Bertz CT molecular complexity index is 795. The molecule has 4 unspecified atom stereocenters. The van der Waals surface area contributed by atoms with E-state index in [1.165, 1.54) is 5.56 Å². The Labute approximate surface area is 160 Å². The number of rotatable bonds is 7. The molecule has 3 nitrogen and oxygen atoms in total. The van der Waals surface area contributed by atoms with Gasteiger partial charge in [0.15, 0.2) is 11.9 Å². The van der Waals surface area contributed by atoms with Crippen molar-refractivity contribution in [1.29, 1.82) is 0 Å². The molecule has 2 aliphatic rings. The molecule has 1 heterocycles. The van der Waals surface area contributed by atoms with E-state index in [9.17, 15) is 9.59 Å². The number of aryl methyl sites for hydroxylation is 1. The fourth-order valence-electron chi connectivity index (χ4n) is 4.33. The zero-order chi connectivity index (χ0) is 18.8. The summed E-state index contributed by atoms with van der Waals surface area (Å²) in [4.78, 5) is 25.8. The van der Waals surface area contributed by atoms with Crippen molar-refractivity contribution in [3.05, 3.63) is 71.8 Å². The molecule has 2 fully saturated rings. The molecule has 0 radical (unpaired) electrons. The van der Waals surface area contributed by atoms with Gasteiger partial charge in [-0.2, -0.15) is 0 Å². The van der Waals surface area contributed by atoms with Crippen LogP contribution in [0.5, 0.6) is 0 Å². The van der Waals surface area contributed by atoms with Crippen molar-refractivity contribution in [2.24, 2.45) is 17.8 Å². The maximum Gasteiger partial charge on any atom is 0.318 e. The van der Waals surface area contributed by atoms with Gasteiger partial charge in [0, 0.05) is 11.8 Å². The summed E-state index contributed by atoms with van der Waals surface area (Å²) in [6.45, 7) is 2.02. The van der Waals surface area contributed by atoms with E-state index in [2.05, 4.69) is 12.1 Å². The van der Waals surface area contributed by atoms with Crippen LogP contribution in [-0.2, 0) is 20.7 Å². The molecule has 4 rings (SSSR count). The predicted octanol–water partition coefficient (Wildman–Crippen LogP) is 4.56. The monoisotopic (exact) mass is 362 g/mol. The molecule has 0 bridgehead atoms. The number of hydrogen-bond donors (Lipinski definition) is 0. The van der Waals surface area contributed by atoms with Gasteiger partial charge in [0.1, 0.15) is 5.92 Å². The molecule has 1 saturated carbocycles. The Kier molecular flexibility index (Phi) is 5.11. The summed E-state index contributed by atoms with van der Waals surface area (Å²) < 4.78 is 5.63. The van der Waals surface area contributed by atoms with Gasteiger partial charge >= 0.3 is 5.97 Å². The summed E-state index contributed by atoms with van der Waals surface area (Å²) in [6.07, 6.45) is 3.30. The van der Waals surface area contributed by atoms with Crippen LogP contribution in [0.1, 0.15) is 43.2 Å². The van der Waals surface area contributed by atoms with Crippen molar-refractivity contribution in [3.63, 3.8) is 0 Å². The van der Waals surface area contributed by atoms with E-state index >= 15 is 0 Å². The van der Waals surface area contributed by atoms with E-state index in [-0.39, 0.29) is 23.6 Å². The SMILES string of the molecule is CC(CCc1ccccc1)C1OC(=O)C(C(c2ccccc2)C2CC2)C1=O. The van der Waals surface area contributed by atoms with Crippen LogP contribution in [0, 0.1) is 17.8 Å². The minimum absolute atomic E-state index is 0.0127. The van der Waals surface area contributed by atoms with Gasteiger partial charge in [-0.15, -0.1) is 0 Å². The second-order valence-corrected chi connectivity index (χ2v) is 8.01. The lowest BCUT2D eigenvalue weighted by molar-refractivity contribution is -0.146. The number of hydrogen-bond acceptors (Lipinski definition) is 3. The van der Waals surface area contributed by atoms with Crippen LogP contribution in [0.3, 0.4) is 0 Å². The largest absolute Gasteiger partial charge is 0.453 e. The van der Waals surface area contributed by atoms with E-state index in [0.717, 1.165) is 31.2 Å². The Morgan fingerprint density at radius 2 is 1.59 bits per heavy atom. The van der Waals surface area contributed by atoms with Gasteiger partial charge in [0.05, 0.1) is 0 Å². The van der Waals surface area contributed by atoms with Crippen molar-refractivity contribution < 1.29 is 14.3 Å². The van der Waals surface area contributed by atoms with Gasteiger partial charge in [0.25, 0.3) is 0 Å². The molecule has 0 N–H and O–H groups in total. The maximum absolute atomic E-state index is 13.2. The van der Waals surface area contributed by atoms with Crippen LogP contribution < -0.4 is 0 Å². The summed E-state index contributed by atoms with van der Waals surface area (Å²) in [5.74, 6) is -0.546. The first-order valence-electron chi connectivity index (χ1n) is 9.98. The van der Waals surface area contributed by atoms with Crippen molar-refractivity contribution in [3.8, 4) is 0 Å². The van der Waals surface area contributed by atoms with Gasteiger partial charge in [-0.05, 0) is 42.7 Å². The Balaban J connectivity index is 1.48. The number of benzene rings is 2. The zero-order valence-electron chi connectivity index (χ0n) is 15.7. The highest BCUT2D eigenvalue weighted by Gasteiger charge is 2.53. The van der Waals surface area contributed by atoms with Crippen molar-refractivity contribution in [1.82, 2.24) is 0 Å². The molecule has 4 atom stereocenters. The molecule has 27 heavy (non-hydrogen) atoms. The maximum atomic E-state index is 13.2. The van der Waals surface area contributed by atoms with E-state index in [0.29, 0.717) is 5.92 Å². The standard InChI is InChI=1S/C24H26O3/c1-16(12-13-17-8-4-2-5-9-17)23-22(25)21(24(26)27-23)20(19-14-15-19)18-10-6-3-7-11-18/h2-11,16,19-21,23H,12-15H2,1H3. The third-order valence-electron chi connectivity index (χ3n) is 6.01. The fourth-order valence-corrected chi connectivity index (χ4v) is 4.33. The lowest BCUT2D eigenvalue weighted by Crippen LogP contribution is -2.31. The summed E-state index contributed by atoms with van der Waals surface area (Å²) >= 11 is 0. The van der Waals surface area contributed by atoms with Gasteiger partial charge in [0.2, 0.25) is 0 Å². The molecule has 2 aromatic rings. The van der Waals surface area contributed by atoms with Gasteiger partial charge < -0.3 is 4.74 Å². The highest BCUT2D eigenvalue weighted by Crippen LogP contribution is 2.49. The van der Waals surface area contributed by atoms with Crippen LogP contribution in [0.25, 0.3) is 0 Å². The number of Topliss-reactive ketones (excluding diaryl/α,β-unsaturated/α-hetero) is 1. The molecule has 2 aromatic carbocycles. The van der Waals surface area contributed by atoms with Gasteiger partial charge in [-0.25, -0.2) is 0 Å². The highest BCUT2D eigenvalue weighted by molar-refractivity contribution is 6.07.